The molecule has 118 valence electrons. The molecule has 2 aliphatic heterocycles. The van der Waals surface area contributed by atoms with Crippen LogP contribution in [0, 0.1) is 5.92 Å². The first-order valence-corrected chi connectivity index (χ1v) is 7.61. The van der Waals surface area contributed by atoms with Gasteiger partial charge >= 0.3 is 12.1 Å². The second-order valence-electron chi connectivity index (χ2n) is 7.79. The zero-order chi connectivity index (χ0) is 15.6. The summed E-state index contributed by atoms with van der Waals surface area (Å²) < 4.78 is 5.41. The smallest absolute Gasteiger partial charge is 0.411 e. The second kappa shape index (κ2) is 4.35. The van der Waals surface area contributed by atoms with Crippen molar-refractivity contribution in [3.8, 4) is 0 Å². The second-order valence-corrected chi connectivity index (χ2v) is 7.79. The molecule has 6 nitrogen and oxygen atoms in total. The van der Waals surface area contributed by atoms with E-state index in [2.05, 4.69) is 4.90 Å². The standard InChI is InChI=1S/C15H24N2O4/c1-14(2,3)21-13(20)17-7-10-5-9-6-11(9)16(10)8-15(17,4)12(18)19/h9-11H,5-8H2,1-4H3,(H,18,19)/t9-,10-,11+,15+/m1/s1. The van der Waals surface area contributed by atoms with Crippen LogP contribution in [-0.2, 0) is 9.53 Å². The average Bonchev–Trinajstić information content (AvgIpc) is 3.01. The number of ether oxygens (including phenoxy) is 1. The number of fused-ring (bicyclic) bond motifs is 3. The summed E-state index contributed by atoms with van der Waals surface area (Å²) >= 11 is 0. The highest BCUT2D eigenvalue weighted by molar-refractivity contribution is 5.85. The number of piperidine rings is 1. The lowest BCUT2D eigenvalue weighted by Gasteiger charge is -2.48. The number of piperazine rings is 1. The Morgan fingerprint density at radius 3 is 2.52 bits per heavy atom. The average molecular weight is 296 g/mol. The summed E-state index contributed by atoms with van der Waals surface area (Å²) in [6, 6.07) is 0.822. The summed E-state index contributed by atoms with van der Waals surface area (Å²) in [4.78, 5) is 27.9. The Balaban J connectivity index is 1.83. The maximum absolute atomic E-state index is 12.4. The Kier molecular flexibility index (Phi) is 3.03. The molecule has 3 rings (SSSR count). The lowest BCUT2D eigenvalue weighted by atomic mass is 9.93. The molecule has 2 saturated heterocycles. The molecule has 0 radical (unpaired) electrons. The molecule has 0 aromatic rings. The van der Waals surface area contributed by atoms with Crippen molar-refractivity contribution in [3.63, 3.8) is 0 Å². The van der Waals surface area contributed by atoms with Crippen LogP contribution in [0.25, 0.3) is 0 Å². The molecular formula is C15H24N2O4. The van der Waals surface area contributed by atoms with Gasteiger partial charge in [0, 0.05) is 25.2 Å². The summed E-state index contributed by atoms with van der Waals surface area (Å²) in [6.45, 7) is 7.86. The normalized spacial score (nSPS) is 38.7. The highest BCUT2D eigenvalue weighted by Gasteiger charge is 2.60. The highest BCUT2D eigenvalue weighted by Crippen LogP contribution is 2.50. The molecule has 1 aliphatic carbocycles. The van der Waals surface area contributed by atoms with Crippen LogP contribution in [0.15, 0.2) is 0 Å². The molecule has 1 N–H and O–H groups in total. The predicted molar refractivity (Wildman–Crippen MR) is 76.0 cm³/mol. The molecule has 21 heavy (non-hydrogen) atoms. The maximum Gasteiger partial charge on any atom is 0.411 e. The number of aliphatic carboxylic acids is 1. The van der Waals surface area contributed by atoms with Gasteiger partial charge in [-0.2, -0.15) is 0 Å². The van der Waals surface area contributed by atoms with E-state index in [9.17, 15) is 14.7 Å². The Labute approximate surface area is 125 Å². The van der Waals surface area contributed by atoms with Gasteiger partial charge in [0.1, 0.15) is 5.60 Å². The summed E-state index contributed by atoms with van der Waals surface area (Å²) in [7, 11) is 0. The number of nitrogens with zero attached hydrogens (tertiary/aromatic N) is 2. The van der Waals surface area contributed by atoms with E-state index in [1.807, 2.05) is 0 Å². The van der Waals surface area contributed by atoms with Gasteiger partial charge in [-0.3, -0.25) is 9.80 Å². The maximum atomic E-state index is 12.4. The molecule has 3 fully saturated rings. The van der Waals surface area contributed by atoms with Crippen LogP contribution in [0.5, 0.6) is 0 Å². The van der Waals surface area contributed by atoms with Crippen LogP contribution >= 0.6 is 0 Å². The van der Waals surface area contributed by atoms with Gasteiger partial charge < -0.3 is 9.84 Å². The first kappa shape index (κ1) is 14.6. The number of carbonyl (C=O) groups excluding carboxylic acids is 1. The third-order valence-corrected chi connectivity index (χ3v) is 4.91. The van der Waals surface area contributed by atoms with Gasteiger partial charge in [0.25, 0.3) is 0 Å². The summed E-state index contributed by atoms with van der Waals surface area (Å²) in [5.41, 5.74) is -1.83. The van der Waals surface area contributed by atoms with Crippen LogP contribution in [-0.4, -0.2) is 63.3 Å². The van der Waals surface area contributed by atoms with E-state index in [0.29, 0.717) is 25.0 Å². The largest absolute Gasteiger partial charge is 0.479 e. The number of carboxylic acids is 1. The molecule has 0 aromatic heterocycles. The number of carbonyl (C=O) groups is 2. The molecule has 1 amide bonds. The number of amides is 1. The van der Waals surface area contributed by atoms with Gasteiger partial charge in [-0.15, -0.1) is 0 Å². The molecule has 2 heterocycles. The molecule has 0 bridgehead atoms. The van der Waals surface area contributed by atoms with E-state index in [4.69, 9.17) is 4.74 Å². The van der Waals surface area contributed by atoms with Crippen molar-refractivity contribution in [2.24, 2.45) is 5.92 Å². The minimum absolute atomic E-state index is 0.286. The van der Waals surface area contributed by atoms with Crippen LogP contribution in [0.4, 0.5) is 4.79 Å². The SMILES string of the molecule is CC(C)(C)OC(=O)N1C[C@H]2C[C@@H]3C[C@@H]3N2C[C@@]1(C)C(=O)O. The Morgan fingerprint density at radius 2 is 1.95 bits per heavy atom. The number of hydrogen-bond acceptors (Lipinski definition) is 4. The lowest BCUT2D eigenvalue weighted by Crippen LogP contribution is -2.68. The van der Waals surface area contributed by atoms with Gasteiger partial charge in [-0.1, -0.05) is 0 Å². The van der Waals surface area contributed by atoms with Gasteiger partial charge in [0.05, 0.1) is 0 Å². The molecule has 4 atom stereocenters. The lowest BCUT2D eigenvalue weighted by molar-refractivity contribution is -0.156. The van der Waals surface area contributed by atoms with Crippen molar-refractivity contribution in [1.29, 1.82) is 0 Å². The number of hydrogen-bond donors (Lipinski definition) is 1. The molecular weight excluding hydrogens is 272 g/mol. The van der Waals surface area contributed by atoms with Gasteiger partial charge in [0.15, 0.2) is 5.54 Å². The summed E-state index contributed by atoms with van der Waals surface area (Å²) in [5, 5.41) is 9.66. The zero-order valence-electron chi connectivity index (χ0n) is 13.1. The van der Waals surface area contributed by atoms with E-state index >= 15 is 0 Å². The van der Waals surface area contributed by atoms with Crippen molar-refractivity contribution in [1.82, 2.24) is 9.80 Å². The Hall–Kier alpha value is -1.30. The van der Waals surface area contributed by atoms with Crippen molar-refractivity contribution in [2.75, 3.05) is 13.1 Å². The Bertz CT molecular complexity index is 487. The van der Waals surface area contributed by atoms with E-state index in [-0.39, 0.29) is 6.04 Å². The fourth-order valence-corrected chi connectivity index (χ4v) is 3.70. The topological polar surface area (TPSA) is 70.1 Å². The first-order valence-electron chi connectivity index (χ1n) is 7.61. The molecule has 0 spiro atoms. The summed E-state index contributed by atoms with van der Waals surface area (Å²) in [5.74, 6) is -0.262. The van der Waals surface area contributed by atoms with E-state index < -0.39 is 23.2 Å². The van der Waals surface area contributed by atoms with Gasteiger partial charge in [-0.25, -0.2) is 9.59 Å². The van der Waals surface area contributed by atoms with Crippen LogP contribution in [0.3, 0.4) is 0 Å². The van der Waals surface area contributed by atoms with Crippen molar-refractivity contribution >= 4 is 12.1 Å². The van der Waals surface area contributed by atoms with E-state index in [0.717, 1.165) is 6.42 Å². The van der Waals surface area contributed by atoms with Crippen LogP contribution < -0.4 is 0 Å². The highest BCUT2D eigenvalue weighted by atomic mass is 16.6. The van der Waals surface area contributed by atoms with Crippen LogP contribution in [0.2, 0.25) is 0 Å². The zero-order valence-corrected chi connectivity index (χ0v) is 13.1. The van der Waals surface area contributed by atoms with Crippen molar-refractivity contribution < 1.29 is 19.4 Å². The number of carboxylic acid groups (broad SMARTS) is 1. The monoisotopic (exact) mass is 296 g/mol. The third-order valence-electron chi connectivity index (χ3n) is 4.91. The third kappa shape index (κ3) is 2.39. The predicted octanol–water partition coefficient (Wildman–Crippen LogP) is 1.54. The van der Waals surface area contributed by atoms with Crippen LogP contribution in [0.1, 0.15) is 40.5 Å². The van der Waals surface area contributed by atoms with Gasteiger partial charge in [-0.05, 0) is 46.5 Å². The van der Waals surface area contributed by atoms with Gasteiger partial charge in [0.2, 0.25) is 0 Å². The van der Waals surface area contributed by atoms with Crippen molar-refractivity contribution in [3.05, 3.63) is 0 Å². The number of rotatable bonds is 1. The molecule has 1 saturated carbocycles. The first-order chi connectivity index (χ1) is 9.62. The fourth-order valence-electron chi connectivity index (χ4n) is 3.70. The Morgan fingerprint density at radius 1 is 1.29 bits per heavy atom. The molecule has 3 aliphatic rings. The molecule has 0 unspecified atom stereocenters. The summed E-state index contributed by atoms with van der Waals surface area (Å²) in [6.07, 6.45) is 1.73. The molecule has 0 aromatic carbocycles. The quantitative estimate of drug-likeness (QED) is 0.795. The fraction of sp³-hybridized carbons (Fsp3) is 0.867. The minimum Gasteiger partial charge on any atom is -0.479 e. The minimum atomic E-state index is -1.21. The van der Waals surface area contributed by atoms with Crippen molar-refractivity contribution in [2.45, 2.75) is 63.8 Å². The molecule has 6 heteroatoms. The van der Waals surface area contributed by atoms with E-state index in [1.54, 1.807) is 27.7 Å². The van der Waals surface area contributed by atoms with E-state index in [1.165, 1.54) is 11.3 Å².